The van der Waals surface area contributed by atoms with Crippen LogP contribution in [-0.2, 0) is 14.3 Å². The fourth-order valence-corrected chi connectivity index (χ4v) is 2.30. The molecular weight excluding hydrogens is 224 g/mol. The van der Waals surface area contributed by atoms with Crippen molar-refractivity contribution in [2.45, 2.75) is 31.1 Å². The number of rotatable bonds is 6. The van der Waals surface area contributed by atoms with E-state index in [0.717, 1.165) is 26.0 Å². The molecule has 0 bridgehead atoms. The van der Waals surface area contributed by atoms with E-state index < -0.39 is 6.61 Å². The zero-order chi connectivity index (χ0) is 12.1. The second-order valence-electron chi connectivity index (χ2n) is 4.42. The van der Waals surface area contributed by atoms with Crippen LogP contribution in [-0.4, -0.2) is 62.2 Å². The highest BCUT2D eigenvalue weighted by Crippen LogP contribution is 2.26. The SMILES string of the molecule is O=C(CO)NCCCN[C@@H]1CO[C@@H]2CCO[C@H]12. The number of hydrogen-bond acceptors (Lipinski definition) is 5. The Hall–Kier alpha value is -0.690. The molecule has 2 rings (SSSR count). The highest BCUT2D eigenvalue weighted by molar-refractivity contribution is 5.76. The third-order valence-electron chi connectivity index (χ3n) is 3.19. The summed E-state index contributed by atoms with van der Waals surface area (Å²) in [7, 11) is 0. The molecule has 0 aliphatic carbocycles. The van der Waals surface area contributed by atoms with E-state index >= 15 is 0 Å². The molecule has 3 N–H and O–H groups in total. The number of carbonyl (C=O) groups is 1. The Morgan fingerprint density at radius 3 is 3.06 bits per heavy atom. The van der Waals surface area contributed by atoms with Crippen LogP contribution >= 0.6 is 0 Å². The van der Waals surface area contributed by atoms with Gasteiger partial charge in [-0.1, -0.05) is 0 Å². The summed E-state index contributed by atoms with van der Waals surface area (Å²) in [5, 5.41) is 14.5. The molecule has 0 unspecified atom stereocenters. The average molecular weight is 244 g/mol. The number of hydrogen-bond donors (Lipinski definition) is 3. The molecule has 17 heavy (non-hydrogen) atoms. The normalized spacial score (nSPS) is 31.5. The van der Waals surface area contributed by atoms with E-state index in [4.69, 9.17) is 14.6 Å². The number of carbonyl (C=O) groups excluding carboxylic acids is 1. The number of aliphatic hydroxyl groups excluding tert-OH is 1. The first-order chi connectivity index (χ1) is 8.31. The van der Waals surface area contributed by atoms with E-state index in [2.05, 4.69) is 10.6 Å². The molecule has 3 atom stereocenters. The van der Waals surface area contributed by atoms with Crippen molar-refractivity contribution >= 4 is 5.91 Å². The quantitative estimate of drug-likeness (QED) is 0.502. The van der Waals surface area contributed by atoms with Crippen LogP contribution in [0.15, 0.2) is 0 Å². The lowest BCUT2D eigenvalue weighted by molar-refractivity contribution is -0.123. The minimum atomic E-state index is -0.443. The zero-order valence-corrected chi connectivity index (χ0v) is 9.85. The van der Waals surface area contributed by atoms with Gasteiger partial charge in [0.25, 0.3) is 0 Å². The lowest BCUT2D eigenvalue weighted by Crippen LogP contribution is -2.41. The van der Waals surface area contributed by atoms with Crippen molar-refractivity contribution in [3.05, 3.63) is 0 Å². The van der Waals surface area contributed by atoms with Gasteiger partial charge < -0.3 is 25.2 Å². The van der Waals surface area contributed by atoms with Gasteiger partial charge in [-0.15, -0.1) is 0 Å². The maximum atomic E-state index is 10.8. The highest BCUT2D eigenvalue weighted by atomic mass is 16.6. The van der Waals surface area contributed by atoms with Crippen LogP contribution in [0.25, 0.3) is 0 Å². The molecule has 0 aromatic carbocycles. The summed E-state index contributed by atoms with van der Waals surface area (Å²) in [6.45, 7) is 2.45. The van der Waals surface area contributed by atoms with Gasteiger partial charge in [0.1, 0.15) is 12.7 Å². The summed E-state index contributed by atoms with van der Waals surface area (Å²) in [5.74, 6) is -0.326. The largest absolute Gasteiger partial charge is 0.387 e. The van der Waals surface area contributed by atoms with Crippen molar-refractivity contribution in [3.8, 4) is 0 Å². The van der Waals surface area contributed by atoms with Gasteiger partial charge in [0.05, 0.1) is 18.8 Å². The molecule has 98 valence electrons. The van der Waals surface area contributed by atoms with Crippen LogP contribution in [0.1, 0.15) is 12.8 Å². The van der Waals surface area contributed by atoms with Crippen molar-refractivity contribution in [1.29, 1.82) is 0 Å². The van der Waals surface area contributed by atoms with Gasteiger partial charge in [-0.05, 0) is 19.4 Å². The molecule has 6 nitrogen and oxygen atoms in total. The molecule has 0 radical (unpaired) electrons. The van der Waals surface area contributed by atoms with E-state index in [1.54, 1.807) is 0 Å². The van der Waals surface area contributed by atoms with Gasteiger partial charge in [0.15, 0.2) is 0 Å². The topological polar surface area (TPSA) is 79.8 Å². The zero-order valence-electron chi connectivity index (χ0n) is 9.85. The number of amides is 1. The van der Waals surface area contributed by atoms with Crippen LogP contribution < -0.4 is 10.6 Å². The van der Waals surface area contributed by atoms with Crippen LogP contribution in [0.3, 0.4) is 0 Å². The molecule has 2 fully saturated rings. The van der Waals surface area contributed by atoms with Gasteiger partial charge in [-0.2, -0.15) is 0 Å². The number of ether oxygens (including phenoxy) is 2. The lowest BCUT2D eigenvalue weighted by atomic mass is 10.1. The Morgan fingerprint density at radius 2 is 2.24 bits per heavy atom. The predicted octanol–water partition coefficient (Wildman–Crippen LogP) is -1.37. The first kappa shape index (κ1) is 12.8. The van der Waals surface area contributed by atoms with Crippen molar-refractivity contribution in [1.82, 2.24) is 10.6 Å². The van der Waals surface area contributed by atoms with Crippen molar-refractivity contribution in [3.63, 3.8) is 0 Å². The van der Waals surface area contributed by atoms with Crippen molar-refractivity contribution in [2.75, 3.05) is 32.9 Å². The Balaban J connectivity index is 1.55. The van der Waals surface area contributed by atoms with E-state index in [1.807, 2.05) is 0 Å². The van der Waals surface area contributed by atoms with E-state index in [1.165, 1.54) is 0 Å². The minimum Gasteiger partial charge on any atom is -0.387 e. The molecule has 0 saturated carbocycles. The molecular formula is C11H20N2O4. The molecule has 0 aromatic heterocycles. The minimum absolute atomic E-state index is 0.196. The molecule has 6 heteroatoms. The summed E-state index contributed by atoms with van der Waals surface area (Å²) >= 11 is 0. The maximum Gasteiger partial charge on any atom is 0.245 e. The fraction of sp³-hybridized carbons (Fsp3) is 0.909. The average Bonchev–Trinajstić information content (AvgIpc) is 2.92. The number of aliphatic hydroxyl groups is 1. The molecule has 2 aliphatic rings. The number of nitrogens with one attached hydrogen (secondary N) is 2. The van der Waals surface area contributed by atoms with Crippen LogP contribution in [0.5, 0.6) is 0 Å². The lowest BCUT2D eigenvalue weighted by Gasteiger charge is -2.17. The van der Waals surface area contributed by atoms with E-state index in [0.29, 0.717) is 13.2 Å². The van der Waals surface area contributed by atoms with Gasteiger partial charge in [0, 0.05) is 13.2 Å². The third-order valence-corrected chi connectivity index (χ3v) is 3.19. The monoisotopic (exact) mass is 244 g/mol. The Labute approximate surface area is 101 Å². The summed E-state index contributed by atoms with van der Waals surface area (Å²) < 4.78 is 11.2. The maximum absolute atomic E-state index is 10.8. The predicted molar refractivity (Wildman–Crippen MR) is 60.6 cm³/mol. The van der Waals surface area contributed by atoms with Gasteiger partial charge in [-0.3, -0.25) is 4.79 Å². The fourth-order valence-electron chi connectivity index (χ4n) is 2.30. The molecule has 2 heterocycles. The van der Waals surface area contributed by atoms with Crippen molar-refractivity contribution < 1.29 is 19.4 Å². The first-order valence-corrected chi connectivity index (χ1v) is 6.15. The van der Waals surface area contributed by atoms with E-state index in [-0.39, 0.29) is 24.2 Å². The van der Waals surface area contributed by atoms with Gasteiger partial charge in [0.2, 0.25) is 5.91 Å². The second kappa shape index (κ2) is 6.30. The highest BCUT2D eigenvalue weighted by Gasteiger charge is 2.41. The smallest absolute Gasteiger partial charge is 0.245 e. The van der Waals surface area contributed by atoms with E-state index in [9.17, 15) is 4.79 Å². The Kier molecular flexibility index (Phi) is 4.73. The van der Waals surface area contributed by atoms with Gasteiger partial charge >= 0.3 is 0 Å². The Morgan fingerprint density at radius 1 is 1.35 bits per heavy atom. The summed E-state index contributed by atoms with van der Waals surface area (Å²) in [6.07, 6.45) is 2.29. The number of fused-ring (bicyclic) bond motifs is 1. The standard InChI is InChI=1S/C11H20N2O4/c14-6-10(15)13-4-1-3-12-8-7-17-9-2-5-16-11(8)9/h8-9,11-12,14H,1-7H2,(H,13,15)/t8-,9-,11-/m1/s1. The van der Waals surface area contributed by atoms with Crippen LogP contribution in [0.2, 0.25) is 0 Å². The third kappa shape index (κ3) is 3.38. The summed E-state index contributed by atoms with van der Waals surface area (Å²) in [5.41, 5.74) is 0. The molecule has 1 amide bonds. The summed E-state index contributed by atoms with van der Waals surface area (Å²) in [4.78, 5) is 10.8. The van der Waals surface area contributed by atoms with Gasteiger partial charge in [-0.25, -0.2) is 0 Å². The molecule has 2 aliphatic heterocycles. The molecule has 0 aromatic rings. The summed E-state index contributed by atoms with van der Waals surface area (Å²) in [6, 6.07) is 0.274. The van der Waals surface area contributed by atoms with Crippen LogP contribution in [0.4, 0.5) is 0 Å². The first-order valence-electron chi connectivity index (χ1n) is 6.15. The molecule has 2 saturated heterocycles. The Bertz CT molecular complexity index is 262. The second-order valence-corrected chi connectivity index (χ2v) is 4.42. The van der Waals surface area contributed by atoms with Crippen molar-refractivity contribution in [2.24, 2.45) is 0 Å². The van der Waals surface area contributed by atoms with Crippen LogP contribution in [0, 0.1) is 0 Å². The molecule has 0 spiro atoms.